The number of rotatable bonds is 11. The first-order valence-electron chi connectivity index (χ1n) is 22.8. The molecule has 3 aliphatic heterocycles. The maximum Gasteiger partial charge on any atom is 0.243 e. The van der Waals surface area contributed by atoms with Crippen molar-refractivity contribution in [1.29, 1.82) is 0 Å². The van der Waals surface area contributed by atoms with Gasteiger partial charge in [-0.1, -0.05) is 0 Å². The lowest BCUT2D eigenvalue weighted by molar-refractivity contribution is 0.476. The lowest BCUT2D eigenvalue weighted by Gasteiger charge is -2.16. The summed E-state index contributed by atoms with van der Waals surface area (Å²) >= 11 is 10.9. The molecule has 0 aliphatic carbocycles. The molecule has 0 spiro atoms. The van der Waals surface area contributed by atoms with Crippen molar-refractivity contribution in [3.8, 4) is 0 Å². The molecule has 0 atom stereocenters. The molecular formula is C48H53BrN6O10S9. The molecule has 74 heavy (non-hydrogen) atoms. The average Bonchev–Trinajstić information content (AvgIpc) is 4.22. The fraction of sp³-hybridized carbons (Fsp3) is 0.333. The van der Waals surface area contributed by atoms with E-state index in [1.165, 1.54) is 74.5 Å². The van der Waals surface area contributed by atoms with Crippen molar-refractivity contribution >= 4 is 122 Å². The van der Waals surface area contributed by atoms with E-state index in [-0.39, 0.29) is 39.5 Å². The summed E-state index contributed by atoms with van der Waals surface area (Å²) in [6.45, 7) is 22.2. The second kappa shape index (κ2) is 25.1. The van der Waals surface area contributed by atoms with Gasteiger partial charge in [0.1, 0.15) is 8.42 Å². The van der Waals surface area contributed by atoms with Crippen molar-refractivity contribution in [3.63, 3.8) is 0 Å². The van der Waals surface area contributed by atoms with Crippen LogP contribution in [-0.4, -0.2) is 94.3 Å². The molecule has 3 fully saturated rings. The summed E-state index contributed by atoms with van der Waals surface area (Å²) in [5.74, 6) is 0. The molecule has 16 nitrogen and oxygen atoms in total. The van der Waals surface area contributed by atoms with E-state index in [1.54, 1.807) is 42.4 Å². The fourth-order valence-electron chi connectivity index (χ4n) is 7.87. The van der Waals surface area contributed by atoms with E-state index in [4.69, 9.17) is 18.9 Å². The van der Waals surface area contributed by atoms with Crippen LogP contribution in [0.5, 0.6) is 0 Å². The van der Waals surface area contributed by atoms with Crippen LogP contribution in [0.1, 0.15) is 60.1 Å². The van der Waals surface area contributed by atoms with Crippen LogP contribution in [0.25, 0.3) is 9.69 Å². The van der Waals surface area contributed by atoms with E-state index < -0.39 is 49.7 Å². The van der Waals surface area contributed by atoms with Crippen LogP contribution in [0.2, 0.25) is 0 Å². The molecule has 9 rings (SSSR count). The van der Waals surface area contributed by atoms with Gasteiger partial charge >= 0.3 is 0 Å². The zero-order valence-electron chi connectivity index (χ0n) is 40.3. The predicted octanol–water partition coefficient (Wildman–Crippen LogP) is 10.5. The number of hydrogen-bond donors (Lipinski definition) is 2. The molecule has 0 amide bonds. The first-order chi connectivity index (χ1) is 34.8. The van der Waals surface area contributed by atoms with Gasteiger partial charge in [0.25, 0.3) is 0 Å². The molecule has 3 aromatic heterocycles. The molecule has 0 bridgehead atoms. The Kier molecular flexibility index (Phi) is 20.1. The second-order valence-corrected chi connectivity index (χ2v) is 32.5. The van der Waals surface area contributed by atoms with Gasteiger partial charge in [-0.15, -0.1) is 46.6 Å². The lowest BCUT2D eigenvalue weighted by atomic mass is 10.2. The van der Waals surface area contributed by atoms with Gasteiger partial charge in [0, 0.05) is 55.6 Å². The molecular weight excluding hydrogens is 1190 g/mol. The van der Waals surface area contributed by atoms with Gasteiger partial charge in [0.2, 0.25) is 59.7 Å². The number of benzene rings is 3. The van der Waals surface area contributed by atoms with Gasteiger partial charge in [0.05, 0.1) is 41.4 Å². The van der Waals surface area contributed by atoms with Gasteiger partial charge in [-0.05, 0) is 183 Å². The average molecular weight is 1240 g/mol. The highest BCUT2D eigenvalue weighted by Crippen LogP contribution is 2.35. The minimum absolute atomic E-state index is 0.00399. The molecule has 396 valence electrons. The Hall–Kier alpha value is -3.84. The van der Waals surface area contributed by atoms with Crippen molar-refractivity contribution in [2.45, 2.75) is 104 Å². The van der Waals surface area contributed by atoms with Gasteiger partial charge in [-0.2, -0.15) is 12.9 Å². The highest BCUT2D eigenvalue weighted by atomic mass is 79.9. The van der Waals surface area contributed by atoms with Crippen molar-refractivity contribution in [2.75, 3.05) is 39.3 Å². The molecule has 0 saturated carbocycles. The molecule has 26 heteroatoms. The third kappa shape index (κ3) is 14.4. The standard InChI is InChI=1S/C16H16N2O4S3.C16H20N2O4S3.C11H15NO2S2.C5H2BrNS/c1-12-9-13(24(19,20)16-6-5-15(17-2)23-16)11-14(10-12)25(21,22)18-7-3-4-8-18;1-12-8-14(24(19,20)16-5-4-13(11-17)23-16)10-15(9-12)25(21,22)18-6-2-3-7-18;1-9-6-10(15)8-11(7-9)16(13,14)12-4-2-3-5-12;1-7-5-3-2-4(6)8-5/h5-6,9-11H,3-4,7-8H2,1H3;4-5,8-10H,2-3,6-7,11,17H2,1H3;6-8,15H,2-5H2,1H3;2-3H. The highest BCUT2D eigenvalue weighted by Gasteiger charge is 2.32. The summed E-state index contributed by atoms with van der Waals surface area (Å²) in [5, 5.41) is 1.01. The first-order valence-corrected chi connectivity index (χ1v) is 33.7. The minimum Gasteiger partial charge on any atom is -0.326 e. The summed E-state index contributed by atoms with van der Waals surface area (Å²) in [7, 11) is -18.3. The van der Waals surface area contributed by atoms with E-state index in [0.29, 0.717) is 60.2 Å². The number of hydrogen-bond acceptors (Lipinski definition) is 15. The maximum atomic E-state index is 12.9. The molecule has 6 aromatic rings. The van der Waals surface area contributed by atoms with Gasteiger partial charge in [-0.3, -0.25) is 0 Å². The molecule has 3 saturated heterocycles. The summed E-state index contributed by atoms with van der Waals surface area (Å²) in [6, 6.07) is 23.3. The topological polar surface area (TPSA) is 215 Å². The Morgan fingerprint density at radius 3 is 1.19 bits per heavy atom. The molecule has 6 heterocycles. The summed E-state index contributed by atoms with van der Waals surface area (Å²) < 4.78 is 132. The summed E-state index contributed by atoms with van der Waals surface area (Å²) in [4.78, 5) is 8.23. The van der Waals surface area contributed by atoms with Crippen molar-refractivity contribution in [2.24, 2.45) is 5.73 Å². The van der Waals surface area contributed by atoms with Crippen LogP contribution in [0.4, 0.5) is 10.0 Å². The van der Waals surface area contributed by atoms with Gasteiger partial charge < -0.3 is 5.73 Å². The zero-order chi connectivity index (χ0) is 54.2. The second-order valence-electron chi connectivity index (χ2n) is 17.1. The molecule has 2 N–H and O–H groups in total. The monoisotopic (exact) mass is 1240 g/mol. The van der Waals surface area contributed by atoms with Gasteiger partial charge in [-0.25, -0.2) is 51.8 Å². The Bertz CT molecular complexity index is 3640. The predicted molar refractivity (Wildman–Crippen MR) is 297 cm³/mol. The van der Waals surface area contributed by atoms with Crippen LogP contribution in [0.3, 0.4) is 0 Å². The Morgan fingerprint density at radius 1 is 0.500 bits per heavy atom. The zero-order valence-corrected chi connectivity index (χ0v) is 49.4. The molecule has 3 aliphatic rings. The third-order valence-corrected chi connectivity index (χ3v) is 25.5. The van der Waals surface area contributed by atoms with E-state index >= 15 is 0 Å². The number of thiophene rings is 3. The smallest absolute Gasteiger partial charge is 0.243 e. The molecule has 0 unspecified atom stereocenters. The lowest BCUT2D eigenvalue weighted by Crippen LogP contribution is -2.28. The number of thiol groups is 1. The maximum absolute atomic E-state index is 12.9. The number of halogens is 1. The van der Waals surface area contributed by atoms with Crippen molar-refractivity contribution in [1.82, 2.24) is 12.9 Å². The number of nitrogens with two attached hydrogens (primary N) is 1. The Labute approximate surface area is 461 Å². The van der Waals surface area contributed by atoms with Crippen LogP contribution in [0, 0.1) is 33.9 Å². The van der Waals surface area contributed by atoms with Crippen LogP contribution in [-0.2, 0) is 56.3 Å². The van der Waals surface area contributed by atoms with Gasteiger partial charge in [0.15, 0.2) is 0 Å². The SMILES string of the molecule is Cc1cc(S(=O)(=O)c2ccc(CN)s2)cc(S(=O)(=O)N2CCCC2)c1.Cc1cc(S)cc(S(=O)(=O)N2CCCC2)c1.[C-]#[N+]c1ccc(Br)s1.[C-]#[N+]c1ccc(S(=O)(=O)c2cc(C)cc(S(=O)(=O)N3CCCC3)c2)s1. The number of sulfone groups is 2. The van der Waals surface area contributed by atoms with Crippen molar-refractivity contribution in [3.05, 3.63) is 139 Å². The largest absolute Gasteiger partial charge is 0.326 e. The fourth-order valence-corrected chi connectivity index (χ4v) is 19.9. The van der Waals surface area contributed by atoms with E-state index in [0.717, 1.165) is 80.4 Å². The number of aryl methyl sites for hydroxylation is 3. The molecule has 0 radical (unpaired) electrons. The Morgan fingerprint density at radius 2 is 0.851 bits per heavy atom. The third-order valence-electron chi connectivity index (χ3n) is 11.5. The Balaban J connectivity index is 0.000000171. The minimum atomic E-state index is -3.86. The highest BCUT2D eigenvalue weighted by molar-refractivity contribution is 9.11. The van der Waals surface area contributed by atoms with E-state index in [1.807, 2.05) is 19.1 Å². The number of sulfonamides is 3. The quantitative estimate of drug-likeness (QED) is 0.0919. The van der Waals surface area contributed by atoms with E-state index in [2.05, 4.69) is 38.2 Å². The first kappa shape index (κ1) is 59.4. The molecule has 3 aromatic carbocycles. The van der Waals surface area contributed by atoms with Crippen LogP contribution in [0.15, 0.2) is 133 Å². The van der Waals surface area contributed by atoms with Crippen LogP contribution < -0.4 is 5.73 Å². The summed E-state index contributed by atoms with van der Waals surface area (Å²) in [5.41, 5.74) is 7.62. The number of nitrogens with zero attached hydrogens (tertiary/aromatic N) is 5. The normalized spacial score (nSPS) is 15.7. The van der Waals surface area contributed by atoms with Crippen LogP contribution >= 0.6 is 62.6 Å². The summed E-state index contributed by atoms with van der Waals surface area (Å²) in [6.07, 6.45) is 5.19. The van der Waals surface area contributed by atoms with Crippen molar-refractivity contribution < 1.29 is 42.1 Å². The van der Waals surface area contributed by atoms with E-state index in [9.17, 15) is 42.1 Å².